The molecule has 0 aliphatic rings. The van der Waals surface area contributed by atoms with Crippen LogP contribution in [0.2, 0.25) is 0 Å². The molecule has 0 heterocycles. The van der Waals surface area contributed by atoms with E-state index in [-0.39, 0.29) is 11.9 Å². The van der Waals surface area contributed by atoms with E-state index in [1.807, 2.05) is 56.6 Å². The molecule has 2 aromatic carbocycles. The topological polar surface area (TPSA) is 60.0 Å². The number of hydrogen-bond acceptors (Lipinski definition) is 5. The van der Waals surface area contributed by atoms with Crippen molar-refractivity contribution in [1.29, 1.82) is 0 Å². The predicted molar refractivity (Wildman–Crippen MR) is 110 cm³/mol. The molecule has 152 valence electrons. The molecule has 2 aromatic rings. The highest BCUT2D eigenvalue weighted by atomic mass is 16.5. The summed E-state index contributed by atoms with van der Waals surface area (Å²) in [6.45, 7) is 0.485. The monoisotopic (exact) mass is 386 g/mol. The van der Waals surface area contributed by atoms with Crippen molar-refractivity contribution in [3.63, 3.8) is 0 Å². The molecule has 0 bridgehead atoms. The van der Waals surface area contributed by atoms with Crippen molar-refractivity contribution in [2.24, 2.45) is 0 Å². The van der Waals surface area contributed by atoms with E-state index in [0.29, 0.717) is 30.2 Å². The summed E-state index contributed by atoms with van der Waals surface area (Å²) in [5.74, 6) is 1.78. The smallest absolute Gasteiger partial charge is 0.220 e. The first kappa shape index (κ1) is 21.6. The Bertz CT molecular complexity index is 737. The second-order valence-electron chi connectivity index (χ2n) is 6.73. The molecule has 1 N–H and O–H groups in total. The standard InChI is InChI=1S/C22H30N2O4/c1-24(2)18(15-23-21(25)12-11-16-9-7-6-8-10-16)17-13-19(26-3)22(28-5)20(14-17)27-4/h6-10,13-14,18H,11-12,15H2,1-5H3,(H,23,25). The molecule has 0 aliphatic heterocycles. The SMILES string of the molecule is COc1cc(C(CNC(=O)CCc2ccccc2)N(C)C)cc(OC)c1OC. The highest BCUT2D eigenvalue weighted by molar-refractivity contribution is 5.76. The van der Waals surface area contributed by atoms with Crippen LogP contribution in [0.3, 0.4) is 0 Å². The van der Waals surface area contributed by atoms with Gasteiger partial charge in [-0.15, -0.1) is 0 Å². The molecule has 6 nitrogen and oxygen atoms in total. The molecule has 28 heavy (non-hydrogen) atoms. The number of ether oxygens (including phenoxy) is 3. The van der Waals surface area contributed by atoms with Gasteiger partial charge in [-0.25, -0.2) is 0 Å². The fourth-order valence-corrected chi connectivity index (χ4v) is 3.09. The average Bonchev–Trinajstić information content (AvgIpc) is 2.71. The zero-order valence-corrected chi connectivity index (χ0v) is 17.3. The van der Waals surface area contributed by atoms with Gasteiger partial charge in [-0.2, -0.15) is 0 Å². The first-order valence-electron chi connectivity index (χ1n) is 9.27. The lowest BCUT2D eigenvalue weighted by Gasteiger charge is -2.26. The first-order valence-corrected chi connectivity index (χ1v) is 9.27. The fourth-order valence-electron chi connectivity index (χ4n) is 3.09. The van der Waals surface area contributed by atoms with Gasteiger partial charge in [-0.05, 0) is 43.8 Å². The number of amides is 1. The van der Waals surface area contributed by atoms with Crippen molar-refractivity contribution in [1.82, 2.24) is 10.2 Å². The van der Waals surface area contributed by atoms with E-state index in [4.69, 9.17) is 14.2 Å². The second kappa shape index (κ2) is 10.6. The lowest BCUT2D eigenvalue weighted by molar-refractivity contribution is -0.121. The van der Waals surface area contributed by atoms with E-state index in [0.717, 1.165) is 17.5 Å². The summed E-state index contributed by atoms with van der Waals surface area (Å²) in [7, 11) is 8.72. The summed E-state index contributed by atoms with van der Waals surface area (Å²) in [6, 6.07) is 13.8. The van der Waals surface area contributed by atoms with Crippen LogP contribution in [0.25, 0.3) is 0 Å². The number of nitrogens with zero attached hydrogens (tertiary/aromatic N) is 1. The van der Waals surface area contributed by atoms with Gasteiger partial charge in [-0.3, -0.25) is 4.79 Å². The quantitative estimate of drug-likeness (QED) is 0.680. The highest BCUT2D eigenvalue weighted by Crippen LogP contribution is 2.40. The van der Waals surface area contributed by atoms with Gasteiger partial charge in [0.25, 0.3) is 0 Å². The normalized spacial score (nSPS) is 11.8. The molecule has 2 rings (SSSR count). The van der Waals surface area contributed by atoms with Gasteiger partial charge in [-0.1, -0.05) is 30.3 Å². The van der Waals surface area contributed by atoms with Crippen LogP contribution in [0.4, 0.5) is 0 Å². The number of hydrogen-bond donors (Lipinski definition) is 1. The third-order valence-electron chi connectivity index (χ3n) is 4.67. The average molecular weight is 386 g/mol. The van der Waals surface area contributed by atoms with Crippen LogP contribution in [-0.4, -0.2) is 52.8 Å². The number of aryl methyl sites for hydroxylation is 1. The van der Waals surface area contributed by atoms with Gasteiger partial charge in [0.2, 0.25) is 11.7 Å². The Hall–Kier alpha value is -2.73. The highest BCUT2D eigenvalue weighted by Gasteiger charge is 2.21. The molecular weight excluding hydrogens is 356 g/mol. The first-order chi connectivity index (χ1) is 13.5. The molecule has 0 radical (unpaired) electrons. The number of carbonyl (C=O) groups is 1. The lowest BCUT2D eigenvalue weighted by Crippen LogP contribution is -2.34. The van der Waals surface area contributed by atoms with Crippen molar-refractivity contribution in [2.75, 3.05) is 42.0 Å². The molecule has 0 saturated carbocycles. The van der Waals surface area contributed by atoms with Crippen molar-refractivity contribution in [2.45, 2.75) is 18.9 Å². The summed E-state index contributed by atoms with van der Waals surface area (Å²) in [6.07, 6.45) is 1.18. The third kappa shape index (κ3) is 5.63. The van der Waals surface area contributed by atoms with Gasteiger partial charge >= 0.3 is 0 Å². The summed E-state index contributed by atoms with van der Waals surface area (Å²) >= 11 is 0. The molecule has 1 unspecified atom stereocenters. The van der Waals surface area contributed by atoms with Crippen molar-refractivity contribution < 1.29 is 19.0 Å². The van der Waals surface area contributed by atoms with E-state index in [1.54, 1.807) is 21.3 Å². The van der Waals surface area contributed by atoms with Crippen LogP contribution in [0.5, 0.6) is 17.2 Å². The Balaban J connectivity index is 2.07. The number of likely N-dealkylation sites (N-methyl/N-ethyl adjacent to an activating group) is 1. The van der Waals surface area contributed by atoms with Gasteiger partial charge in [0, 0.05) is 13.0 Å². The van der Waals surface area contributed by atoms with Gasteiger partial charge in [0.15, 0.2) is 11.5 Å². The summed E-state index contributed by atoms with van der Waals surface area (Å²) < 4.78 is 16.3. The molecule has 0 aliphatic carbocycles. The number of carbonyl (C=O) groups excluding carboxylic acids is 1. The van der Waals surface area contributed by atoms with Crippen molar-refractivity contribution in [3.8, 4) is 17.2 Å². The van der Waals surface area contributed by atoms with Crippen molar-refractivity contribution >= 4 is 5.91 Å². The Kier molecular flexibility index (Phi) is 8.14. The second-order valence-corrected chi connectivity index (χ2v) is 6.73. The number of nitrogens with one attached hydrogen (secondary N) is 1. The molecule has 1 amide bonds. The number of benzene rings is 2. The lowest BCUT2D eigenvalue weighted by atomic mass is 10.0. The van der Waals surface area contributed by atoms with Crippen LogP contribution in [-0.2, 0) is 11.2 Å². The minimum Gasteiger partial charge on any atom is -0.493 e. The van der Waals surface area contributed by atoms with Crippen LogP contribution < -0.4 is 19.5 Å². The minimum atomic E-state index is -0.0330. The number of rotatable bonds is 10. The molecular formula is C22H30N2O4. The summed E-state index contributed by atoms with van der Waals surface area (Å²) in [5.41, 5.74) is 2.13. The van der Waals surface area contributed by atoms with Crippen LogP contribution in [0, 0.1) is 0 Å². The number of methoxy groups -OCH3 is 3. The summed E-state index contributed by atoms with van der Waals surface area (Å²) in [4.78, 5) is 14.4. The van der Waals surface area contributed by atoms with Crippen LogP contribution >= 0.6 is 0 Å². The summed E-state index contributed by atoms with van der Waals surface area (Å²) in [5, 5.41) is 3.04. The molecule has 6 heteroatoms. The Morgan fingerprint density at radius 2 is 1.61 bits per heavy atom. The third-order valence-corrected chi connectivity index (χ3v) is 4.67. The molecule has 0 fully saturated rings. The largest absolute Gasteiger partial charge is 0.493 e. The predicted octanol–water partition coefficient (Wildman–Crippen LogP) is 3.06. The van der Waals surface area contributed by atoms with Crippen molar-refractivity contribution in [3.05, 3.63) is 53.6 Å². The molecule has 0 saturated heterocycles. The van der Waals surface area contributed by atoms with Crippen LogP contribution in [0.15, 0.2) is 42.5 Å². The zero-order valence-electron chi connectivity index (χ0n) is 17.3. The van der Waals surface area contributed by atoms with Crippen LogP contribution in [0.1, 0.15) is 23.6 Å². The maximum Gasteiger partial charge on any atom is 0.220 e. The van der Waals surface area contributed by atoms with E-state index >= 15 is 0 Å². The fraction of sp³-hybridized carbons (Fsp3) is 0.409. The van der Waals surface area contributed by atoms with E-state index in [1.165, 1.54) is 0 Å². The molecule has 0 aromatic heterocycles. The van der Waals surface area contributed by atoms with E-state index < -0.39 is 0 Å². The van der Waals surface area contributed by atoms with Gasteiger partial charge in [0.05, 0.1) is 27.4 Å². The van der Waals surface area contributed by atoms with E-state index in [2.05, 4.69) is 10.2 Å². The zero-order chi connectivity index (χ0) is 20.5. The Morgan fingerprint density at radius 1 is 1.00 bits per heavy atom. The molecule has 0 spiro atoms. The maximum atomic E-state index is 12.3. The van der Waals surface area contributed by atoms with Gasteiger partial charge < -0.3 is 24.4 Å². The minimum absolute atomic E-state index is 0.0307. The Morgan fingerprint density at radius 3 is 2.11 bits per heavy atom. The Labute approximate surface area is 167 Å². The molecule has 1 atom stereocenters. The van der Waals surface area contributed by atoms with Gasteiger partial charge in [0.1, 0.15) is 0 Å². The van der Waals surface area contributed by atoms with E-state index in [9.17, 15) is 4.79 Å². The maximum absolute atomic E-state index is 12.3.